The molecule has 134 heavy (non-hydrogen) atoms. The van der Waals surface area contributed by atoms with Gasteiger partial charge in [-0.15, -0.1) is 0 Å². The van der Waals surface area contributed by atoms with Crippen LogP contribution in [-0.2, 0) is 109 Å². The van der Waals surface area contributed by atoms with E-state index >= 15 is 0 Å². The highest BCUT2D eigenvalue weighted by molar-refractivity contribution is 9.10. The fourth-order valence-electron chi connectivity index (χ4n) is 14.0. The average molecular weight is 1980 g/mol. The summed E-state index contributed by atoms with van der Waals surface area (Å²) >= 11 is 3.44. The number of benzene rings is 6. The van der Waals surface area contributed by atoms with Crippen molar-refractivity contribution in [1.29, 1.82) is 0 Å². The Morgan fingerprint density at radius 1 is 0.433 bits per heavy atom. The number of imidazole rings is 3. The molecule has 0 fully saturated rings. The van der Waals surface area contributed by atoms with Gasteiger partial charge in [-0.3, -0.25) is 14.6 Å². The first kappa shape index (κ1) is 105. The van der Waals surface area contributed by atoms with E-state index in [1.54, 1.807) is 4.57 Å². The molecule has 3 N–H and O–H groups in total. The Bertz CT molecular complexity index is 5930. The van der Waals surface area contributed by atoms with Crippen LogP contribution in [0.5, 0.6) is 34.5 Å². The van der Waals surface area contributed by atoms with Crippen LogP contribution in [0.4, 0.5) is 79.0 Å². The Labute approximate surface area is 759 Å². The number of ether oxygens (including phenoxy) is 11. The van der Waals surface area contributed by atoms with Gasteiger partial charge in [0.25, 0.3) is 5.91 Å². The molecule has 0 saturated heterocycles. The number of aliphatic carboxylic acids is 1. The maximum Gasteiger partial charge on any atom is 0.419 e. The third-order valence-electron chi connectivity index (χ3n) is 20.0. The van der Waals surface area contributed by atoms with Gasteiger partial charge in [-0.25, -0.2) is 34.3 Å². The fraction of sp³-hybridized carbons (Fsp3) is 0.364. The number of hydrogen-bond donors (Lipinski definition) is 3. The van der Waals surface area contributed by atoms with Gasteiger partial charge in [0.2, 0.25) is 5.90 Å². The molecule has 0 aliphatic carbocycles. The van der Waals surface area contributed by atoms with Gasteiger partial charge in [0.15, 0.2) is 5.69 Å². The predicted octanol–water partition coefficient (Wildman–Crippen LogP) is 18.8. The molecule has 0 unspecified atom stereocenters. The van der Waals surface area contributed by atoms with E-state index in [4.69, 9.17) is 53.1 Å². The van der Waals surface area contributed by atoms with Crippen molar-refractivity contribution in [3.05, 3.63) is 210 Å². The molecular formula is C88H84BrF18N9O18. The smallest absolute Gasteiger partial charge is 0.419 e. The lowest BCUT2D eigenvalue weighted by molar-refractivity contribution is -0.139. The highest BCUT2D eigenvalue weighted by Crippen LogP contribution is 2.46. The number of aromatic carboxylic acids is 1. The van der Waals surface area contributed by atoms with Gasteiger partial charge in [0.1, 0.15) is 69.7 Å². The molecule has 1 amide bonds. The zero-order valence-electron chi connectivity index (χ0n) is 72.7. The van der Waals surface area contributed by atoms with Crippen LogP contribution in [0.15, 0.2) is 131 Å². The van der Waals surface area contributed by atoms with Gasteiger partial charge >= 0.3 is 60.9 Å². The summed E-state index contributed by atoms with van der Waals surface area (Å²) in [6.07, 6.45) is -25.5. The number of carbonyl (C=O) groups is 5. The van der Waals surface area contributed by atoms with Gasteiger partial charge in [-0.05, 0) is 154 Å². The zero-order valence-corrected chi connectivity index (χ0v) is 74.3. The monoisotopic (exact) mass is 1980 g/mol. The maximum absolute atomic E-state index is 13.3. The van der Waals surface area contributed by atoms with Crippen molar-refractivity contribution in [2.24, 2.45) is 4.99 Å². The summed E-state index contributed by atoms with van der Waals surface area (Å²) < 4.78 is 293. The van der Waals surface area contributed by atoms with Crippen molar-refractivity contribution in [3.63, 3.8) is 0 Å². The Morgan fingerprint density at radius 3 is 1.14 bits per heavy atom. The molecule has 14 rings (SSSR count). The fourth-order valence-corrected chi connectivity index (χ4v) is 14.6. The van der Waals surface area contributed by atoms with E-state index in [0.29, 0.717) is 115 Å². The summed E-state index contributed by atoms with van der Waals surface area (Å²) in [6, 6.07) is 23.4. The van der Waals surface area contributed by atoms with Gasteiger partial charge < -0.3 is 81.3 Å². The van der Waals surface area contributed by atoms with Crippen molar-refractivity contribution in [3.8, 4) is 79.9 Å². The quantitative estimate of drug-likeness (QED) is 0.0598. The second-order valence-corrected chi connectivity index (χ2v) is 30.1. The van der Waals surface area contributed by atoms with E-state index in [9.17, 15) is 103 Å². The number of carboxylic acids is 2. The Morgan fingerprint density at radius 2 is 0.769 bits per heavy atom. The first-order valence-corrected chi connectivity index (χ1v) is 40.4. The topological polar surface area (TPSA) is 318 Å². The lowest BCUT2D eigenvalue weighted by atomic mass is 10.1. The molecule has 4 aliphatic rings. The second-order valence-electron chi connectivity index (χ2n) is 29.3. The summed E-state index contributed by atoms with van der Waals surface area (Å²) in [7, 11) is 8.13. The number of rotatable bonds is 16. The number of aliphatic imine (C=N–C) groups is 1. The number of pyridine rings is 1. The van der Waals surface area contributed by atoms with E-state index in [-0.39, 0.29) is 76.1 Å². The second kappa shape index (κ2) is 43.8. The normalized spacial score (nSPS) is 15.4. The molecule has 0 radical (unpaired) electrons. The van der Waals surface area contributed by atoms with Crippen LogP contribution in [0.2, 0.25) is 0 Å². The summed E-state index contributed by atoms with van der Waals surface area (Å²) in [6.45, 7) is 12.0. The Kier molecular flexibility index (Phi) is 34.2. The molecular weight excluding hydrogens is 1890 g/mol. The summed E-state index contributed by atoms with van der Waals surface area (Å²) in [4.78, 5) is 77.2. The standard InChI is InChI=1S/C23H24F3N3O2.C18H19F3N2O4.C16H16BrF3N2O2.C11H10F3NO4.C11H8F3NO3.C9H7F3O3/c1-13-9-17(10-14(2)27-13)21-19-7-8-31-15(3)12-29(19)22(28-21)16-5-6-18(23(24,25)26)20(11-16)30-4;1-10-9-23-13(6-7-27-10)15(17(24)26-3)22-16(23)11-4-5-12(18(19,20)21)14(8-11)25-2;1-9-8-22-12(5-6-24-9)14(17)21-15(22)10-3-4-11(16(18,19)20)13(7-10)23-2;1-19-8-4-6(10(18)15-5-9(16)17)2-3-7(8)11(12,13)14;1-17-8-4-6(10-15-5-9(16)18-10)2-3-7(8)11(12,13)14;1-15-7-4-5(8(13)14)2-3-6(7)9(10,11)12/h5-6,9-11,15H,7-8,12H2,1-4H3;4-5,8,10H,6-7,9H2,1-3H3;3-4,7,9H,5-6,8H2,1-2H3;2-4H,5H2,1H3,(H,15,18)(H,16,17);2-4H,5H2,1H3;2-4H,1H3,(H,13,14)/t15-;10-;9-;;;/m111.../s1. The number of aromatic nitrogens is 7. The van der Waals surface area contributed by atoms with Crippen LogP contribution in [0.1, 0.15) is 119 Å². The Balaban J connectivity index is 0.000000184. The lowest BCUT2D eigenvalue weighted by Gasteiger charge is -2.15. The molecule has 6 aromatic carbocycles. The molecule has 27 nitrogen and oxygen atoms in total. The molecule has 0 spiro atoms. The maximum atomic E-state index is 13.3. The number of carboxylic acid groups (broad SMARTS) is 2. The number of hydrogen-bond acceptors (Lipinski definition) is 21. The van der Waals surface area contributed by atoms with Gasteiger partial charge in [0.05, 0.1) is 164 Å². The molecule has 10 aromatic rings. The number of carbonyl (C=O) groups excluding carboxylic acids is 3. The third kappa shape index (κ3) is 26.3. The summed E-state index contributed by atoms with van der Waals surface area (Å²) in [5.41, 5.74) is 2.34. The third-order valence-corrected chi connectivity index (χ3v) is 20.6. The summed E-state index contributed by atoms with van der Waals surface area (Å²) in [5.74, 6) is -5.02. The Hall–Kier alpha value is -13.0. The molecule has 46 heteroatoms. The molecule has 8 heterocycles. The van der Waals surface area contributed by atoms with Crippen LogP contribution in [-0.4, -0.2) is 181 Å². The van der Waals surface area contributed by atoms with Crippen molar-refractivity contribution in [2.75, 3.05) is 82.7 Å². The van der Waals surface area contributed by atoms with Crippen LogP contribution >= 0.6 is 15.9 Å². The minimum atomic E-state index is -4.60. The van der Waals surface area contributed by atoms with Crippen molar-refractivity contribution >= 4 is 51.6 Å². The minimum Gasteiger partial charge on any atom is -0.496 e. The highest BCUT2D eigenvalue weighted by Gasteiger charge is 2.42. The number of amides is 1. The first-order valence-electron chi connectivity index (χ1n) is 39.6. The molecule has 3 atom stereocenters. The van der Waals surface area contributed by atoms with Gasteiger partial charge in [0, 0.05) is 69.7 Å². The number of nitrogens with one attached hydrogen (secondary N) is 1. The molecule has 4 aliphatic heterocycles. The van der Waals surface area contributed by atoms with E-state index < -0.39 is 118 Å². The molecule has 4 aromatic heterocycles. The van der Waals surface area contributed by atoms with Gasteiger partial charge in [-0.2, -0.15) is 79.0 Å². The van der Waals surface area contributed by atoms with Crippen molar-refractivity contribution in [1.82, 2.24) is 39.0 Å². The number of cyclic esters (lactones) is 1. The highest BCUT2D eigenvalue weighted by atomic mass is 79.9. The summed E-state index contributed by atoms with van der Waals surface area (Å²) in [5, 5.41) is 19.0. The largest absolute Gasteiger partial charge is 0.496 e. The van der Waals surface area contributed by atoms with E-state index in [0.717, 1.165) is 110 Å². The molecule has 0 bridgehead atoms. The number of nitrogens with zero attached hydrogens (tertiary/aromatic N) is 8. The number of halogens is 19. The average Bonchev–Trinajstić information content (AvgIpc) is 1.53. The number of alkyl halides is 18. The van der Waals surface area contributed by atoms with Crippen LogP contribution in [0.25, 0.3) is 45.4 Å². The number of aryl methyl sites for hydroxylation is 2. The number of fused-ring (bicyclic) bond motifs is 3. The van der Waals surface area contributed by atoms with Gasteiger partial charge in [-0.1, -0.05) is 18.2 Å². The number of methoxy groups -OCH3 is 7. The minimum absolute atomic E-state index is 0.00226. The van der Waals surface area contributed by atoms with E-state index in [2.05, 4.69) is 54.7 Å². The number of esters is 2. The van der Waals surface area contributed by atoms with Crippen LogP contribution < -0.4 is 33.7 Å². The van der Waals surface area contributed by atoms with Crippen molar-refractivity contribution < 1.29 is 165 Å². The van der Waals surface area contributed by atoms with E-state index in [1.807, 2.05) is 56.6 Å². The lowest BCUT2D eigenvalue weighted by Crippen LogP contribution is -2.29. The van der Waals surface area contributed by atoms with Crippen molar-refractivity contribution in [2.45, 2.75) is 129 Å². The molecule has 722 valence electrons. The zero-order chi connectivity index (χ0) is 99.2. The molecule has 0 saturated carbocycles. The van der Waals surface area contributed by atoms with E-state index in [1.165, 1.54) is 70.9 Å². The predicted molar refractivity (Wildman–Crippen MR) is 445 cm³/mol. The van der Waals surface area contributed by atoms with Crippen LogP contribution in [0, 0.1) is 13.8 Å². The first-order chi connectivity index (χ1) is 62.8. The SMILES string of the molecule is COC(=O)c1nc(-c2ccc(C(F)(F)F)c(OC)c2)n2c1CCO[C@H](C)C2.COc1cc(-c2nc(-c3cc(C)nc(C)c3)c3n2C[C@@H](C)OCC3)ccc1C(F)(F)F.COc1cc(-c2nc(Br)c3n2C[C@@H](C)OCC3)ccc1C(F)(F)F.COc1cc(C(=O)NCC(=O)O)ccc1C(F)(F)F.COc1cc(C(=O)O)ccc1C(F)(F)F.COc1cc(C2=NCC(=O)O2)ccc1C(F)(F)F. The van der Waals surface area contributed by atoms with Crippen LogP contribution in [0.3, 0.4) is 0 Å².